The molecular weight excluding hydrogens is 512 g/mol. The summed E-state index contributed by atoms with van der Waals surface area (Å²) < 4.78 is 8.03. The van der Waals surface area contributed by atoms with E-state index in [0.717, 1.165) is 22.2 Å². The Bertz CT molecular complexity index is 1820. The average molecular weight is 539 g/mol. The number of hydrogen-bond acceptors (Lipinski definition) is 7. The number of nitrogens with zero attached hydrogens (tertiary/aromatic N) is 4. The smallest absolute Gasteiger partial charge is 0.301 e. The second kappa shape index (κ2) is 9.36. The maximum absolute atomic E-state index is 13.6. The number of carbonyl (C=O) groups excluding carboxylic acids is 2. The van der Waals surface area contributed by atoms with Crippen LogP contribution in [0.4, 0.5) is 5.13 Å². The molecule has 1 N–H and O–H groups in total. The highest BCUT2D eigenvalue weighted by Crippen LogP contribution is 2.45. The van der Waals surface area contributed by atoms with Crippen LogP contribution in [-0.2, 0) is 16.0 Å². The fourth-order valence-electron chi connectivity index (χ4n) is 5.08. The number of pyridine rings is 1. The number of aliphatic hydroxyl groups excluding tert-OH is 1. The number of methoxy groups -OCH3 is 1. The van der Waals surface area contributed by atoms with E-state index >= 15 is 0 Å². The van der Waals surface area contributed by atoms with Crippen LogP contribution in [0.5, 0.6) is 5.75 Å². The molecule has 8 nitrogen and oxygen atoms in total. The quantitative estimate of drug-likeness (QED) is 0.174. The van der Waals surface area contributed by atoms with E-state index < -0.39 is 17.7 Å². The first-order valence-corrected chi connectivity index (χ1v) is 13.4. The fourth-order valence-corrected chi connectivity index (χ4v) is 6.10. The van der Waals surface area contributed by atoms with Crippen LogP contribution in [-0.4, -0.2) is 38.3 Å². The average Bonchev–Trinajstić information content (AvgIpc) is 3.60. The van der Waals surface area contributed by atoms with Crippen molar-refractivity contribution >= 4 is 49.8 Å². The van der Waals surface area contributed by atoms with Gasteiger partial charge < -0.3 is 14.2 Å². The minimum atomic E-state index is -0.872. The van der Waals surface area contributed by atoms with Gasteiger partial charge in [0.25, 0.3) is 5.78 Å². The lowest BCUT2D eigenvalue weighted by Crippen LogP contribution is -2.29. The van der Waals surface area contributed by atoms with E-state index in [2.05, 4.69) is 16.9 Å². The van der Waals surface area contributed by atoms with Gasteiger partial charge in [-0.1, -0.05) is 48.6 Å². The standard InChI is InChI=1S/C30H26N4O4S/c1-5-18-8-10-19(11-9-18)25-23(26(35)24-17(3)33-14-6-7-16(2)28(33)32-24)27(36)29(37)34(25)30-31-21-13-12-20(38-4)15-22(21)39-30/h6-15,25,35H,5H2,1-4H3/b26-23+. The Morgan fingerprint density at radius 1 is 1.08 bits per heavy atom. The predicted octanol–water partition coefficient (Wildman–Crippen LogP) is 5.76. The Hall–Kier alpha value is -4.50. The number of Topliss-reactive ketones (excluding diaryl/α,β-unsaturated/α-hetero) is 1. The summed E-state index contributed by atoms with van der Waals surface area (Å²) in [7, 11) is 1.59. The Morgan fingerprint density at radius 3 is 2.54 bits per heavy atom. The van der Waals surface area contributed by atoms with Crippen LogP contribution in [0.15, 0.2) is 66.4 Å². The number of rotatable bonds is 5. The van der Waals surface area contributed by atoms with Gasteiger partial charge in [0.05, 0.1) is 34.6 Å². The molecule has 9 heteroatoms. The van der Waals surface area contributed by atoms with Crippen molar-refractivity contribution < 1.29 is 19.4 Å². The molecule has 0 saturated carbocycles. The van der Waals surface area contributed by atoms with Gasteiger partial charge in [-0.3, -0.25) is 14.5 Å². The Morgan fingerprint density at radius 2 is 1.85 bits per heavy atom. The van der Waals surface area contributed by atoms with Crippen molar-refractivity contribution in [2.24, 2.45) is 0 Å². The van der Waals surface area contributed by atoms with Crippen molar-refractivity contribution in [2.45, 2.75) is 33.2 Å². The lowest BCUT2D eigenvalue weighted by atomic mass is 9.95. The van der Waals surface area contributed by atoms with Gasteiger partial charge in [-0.15, -0.1) is 0 Å². The van der Waals surface area contributed by atoms with Crippen molar-refractivity contribution in [1.29, 1.82) is 0 Å². The number of aromatic nitrogens is 3. The summed E-state index contributed by atoms with van der Waals surface area (Å²) in [4.78, 5) is 38.0. The van der Waals surface area contributed by atoms with Gasteiger partial charge in [0.2, 0.25) is 0 Å². The number of fused-ring (bicyclic) bond motifs is 2. The molecule has 1 saturated heterocycles. The summed E-state index contributed by atoms with van der Waals surface area (Å²) in [6.07, 6.45) is 2.70. The van der Waals surface area contributed by atoms with Crippen LogP contribution in [0.2, 0.25) is 0 Å². The van der Waals surface area contributed by atoms with E-state index in [0.29, 0.717) is 33.3 Å². The molecule has 1 unspecified atom stereocenters. The SMILES string of the molecule is CCc1ccc(C2/C(=C(\O)c3nc4c(C)cccn4c3C)C(=O)C(=O)N2c2nc3ccc(OC)cc3s2)cc1. The Labute approximate surface area is 228 Å². The molecule has 0 spiro atoms. The molecule has 1 atom stereocenters. The molecule has 1 fully saturated rings. The van der Waals surface area contributed by atoms with Crippen molar-refractivity contribution in [2.75, 3.05) is 12.0 Å². The van der Waals surface area contributed by atoms with Crippen LogP contribution in [0.25, 0.3) is 21.6 Å². The van der Waals surface area contributed by atoms with Crippen LogP contribution in [0.3, 0.4) is 0 Å². The van der Waals surface area contributed by atoms with Crippen molar-refractivity contribution in [3.05, 3.63) is 94.4 Å². The molecule has 1 aliphatic heterocycles. The maximum atomic E-state index is 13.6. The van der Waals surface area contributed by atoms with E-state index in [9.17, 15) is 14.7 Å². The number of ketones is 1. The largest absolute Gasteiger partial charge is 0.505 e. The van der Waals surface area contributed by atoms with Gasteiger partial charge in [0, 0.05) is 6.20 Å². The molecule has 0 bridgehead atoms. The van der Waals surface area contributed by atoms with Gasteiger partial charge in [-0.05, 0) is 61.2 Å². The minimum Gasteiger partial charge on any atom is -0.505 e. The number of benzene rings is 2. The summed E-state index contributed by atoms with van der Waals surface area (Å²) in [5, 5.41) is 12.0. The van der Waals surface area contributed by atoms with Gasteiger partial charge in [-0.2, -0.15) is 0 Å². The molecular formula is C30H26N4O4S. The first-order chi connectivity index (χ1) is 18.8. The van der Waals surface area contributed by atoms with Crippen molar-refractivity contribution in [3.63, 3.8) is 0 Å². The number of anilines is 1. The number of aryl methyl sites for hydroxylation is 3. The molecule has 1 aliphatic rings. The normalized spacial score (nSPS) is 17.0. The monoisotopic (exact) mass is 538 g/mol. The second-order valence-electron chi connectivity index (χ2n) is 9.52. The Kier molecular flexibility index (Phi) is 5.95. The molecule has 39 heavy (non-hydrogen) atoms. The van der Waals surface area contributed by atoms with Crippen molar-refractivity contribution in [3.8, 4) is 5.75 Å². The zero-order valence-corrected chi connectivity index (χ0v) is 22.7. The fraction of sp³-hybridized carbons (Fsp3) is 0.200. The number of aliphatic hydroxyl groups is 1. The summed E-state index contributed by atoms with van der Waals surface area (Å²) in [6, 6.07) is 16.2. The van der Waals surface area contributed by atoms with E-state index in [-0.39, 0.29) is 17.0 Å². The van der Waals surface area contributed by atoms with E-state index in [4.69, 9.17) is 4.74 Å². The van der Waals surface area contributed by atoms with Crippen LogP contribution in [0, 0.1) is 13.8 Å². The number of hydrogen-bond donors (Lipinski definition) is 1. The molecule has 0 aliphatic carbocycles. The number of thiazole rings is 1. The maximum Gasteiger partial charge on any atom is 0.301 e. The zero-order chi connectivity index (χ0) is 27.4. The molecule has 196 valence electrons. The molecule has 2 aromatic carbocycles. The van der Waals surface area contributed by atoms with Gasteiger partial charge in [0.15, 0.2) is 10.9 Å². The molecule has 5 aromatic rings. The Balaban J connectivity index is 1.58. The minimum absolute atomic E-state index is 0.00903. The third kappa shape index (κ3) is 3.88. The van der Waals surface area contributed by atoms with Crippen LogP contribution >= 0.6 is 11.3 Å². The lowest BCUT2D eigenvalue weighted by Gasteiger charge is -2.23. The van der Waals surface area contributed by atoms with Crippen molar-refractivity contribution in [1.82, 2.24) is 14.4 Å². The third-order valence-corrected chi connectivity index (χ3v) is 8.26. The van der Waals surface area contributed by atoms with E-state index in [1.807, 2.05) is 73.0 Å². The number of amides is 1. The predicted molar refractivity (Wildman–Crippen MR) is 151 cm³/mol. The first-order valence-electron chi connectivity index (χ1n) is 12.6. The molecule has 1 amide bonds. The molecule has 6 rings (SSSR count). The number of imidazole rings is 1. The highest BCUT2D eigenvalue weighted by Gasteiger charge is 2.48. The number of ether oxygens (including phenoxy) is 1. The topological polar surface area (TPSA) is 97.0 Å². The second-order valence-corrected chi connectivity index (χ2v) is 10.5. The molecule has 4 heterocycles. The third-order valence-electron chi connectivity index (χ3n) is 7.25. The summed E-state index contributed by atoms with van der Waals surface area (Å²) in [5.74, 6) is -1.15. The number of carbonyl (C=O) groups is 2. The summed E-state index contributed by atoms with van der Waals surface area (Å²) in [5.41, 5.74) is 5.04. The van der Waals surface area contributed by atoms with Gasteiger partial charge >= 0.3 is 5.91 Å². The van der Waals surface area contributed by atoms with Crippen LogP contribution in [0.1, 0.15) is 41.0 Å². The highest BCUT2D eigenvalue weighted by atomic mass is 32.1. The summed E-state index contributed by atoms with van der Waals surface area (Å²) in [6.45, 7) is 5.82. The lowest BCUT2D eigenvalue weighted by molar-refractivity contribution is -0.132. The summed E-state index contributed by atoms with van der Waals surface area (Å²) >= 11 is 1.29. The van der Waals surface area contributed by atoms with Gasteiger partial charge in [0.1, 0.15) is 17.1 Å². The highest BCUT2D eigenvalue weighted by molar-refractivity contribution is 7.22. The molecule has 3 aromatic heterocycles. The molecule has 0 radical (unpaired) electrons. The van der Waals surface area contributed by atoms with Gasteiger partial charge in [-0.25, -0.2) is 9.97 Å². The van der Waals surface area contributed by atoms with E-state index in [1.54, 1.807) is 13.2 Å². The first kappa shape index (κ1) is 24.8. The van der Waals surface area contributed by atoms with E-state index in [1.165, 1.54) is 16.2 Å². The van der Waals surface area contributed by atoms with Crippen LogP contribution < -0.4 is 9.64 Å². The zero-order valence-electron chi connectivity index (χ0n) is 21.9.